The summed E-state index contributed by atoms with van der Waals surface area (Å²) >= 11 is 0. The molecule has 0 radical (unpaired) electrons. The van der Waals surface area contributed by atoms with Crippen LogP contribution in [0, 0.1) is 0 Å². The molecular formula is C11H15LiOSi. The number of hydrogen-bond donors (Lipinski definition) is 0. The Labute approximate surface area is 99.7 Å². The first-order valence-electron chi connectivity index (χ1n) is 4.76. The van der Waals surface area contributed by atoms with E-state index < -0.39 is 9.76 Å². The average molecular weight is 198 g/mol. The molecule has 1 aliphatic rings. The fraction of sp³-hybridized carbons (Fsp3) is 0.273. The van der Waals surface area contributed by atoms with E-state index >= 15 is 0 Å². The molecule has 1 aromatic rings. The Hall–Kier alpha value is -0.266. The van der Waals surface area contributed by atoms with Gasteiger partial charge in [0.05, 0.1) is 0 Å². The standard InChI is InChI=1S/C11H14OSi.Li.H/c1-2-12-13-11-8-7-9-5-3-4-6-10(9)11;;/h3-8,11H,2,13H2,1H3;;. The van der Waals surface area contributed by atoms with Crippen LogP contribution in [0.4, 0.5) is 0 Å². The molecule has 3 heteroatoms. The second kappa shape index (κ2) is 5.58. The Balaban J connectivity index is 0.000000980. The zero-order valence-electron chi connectivity index (χ0n) is 7.86. The van der Waals surface area contributed by atoms with Crippen molar-refractivity contribution < 1.29 is 4.43 Å². The minimum atomic E-state index is -0.408. The number of allylic oxidation sites excluding steroid dienone is 1. The van der Waals surface area contributed by atoms with Gasteiger partial charge in [-0.05, 0) is 18.1 Å². The summed E-state index contributed by atoms with van der Waals surface area (Å²) in [5.74, 6) is 0. The summed E-state index contributed by atoms with van der Waals surface area (Å²) in [6.07, 6.45) is 4.50. The molecule has 14 heavy (non-hydrogen) atoms. The van der Waals surface area contributed by atoms with Crippen LogP contribution in [0.5, 0.6) is 0 Å². The summed E-state index contributed by atoms with van der Waals surface area (Å²) < 4.78 is 5.56. The van der Waals surface area contributed by atoms with Gasteiger partial charge in [0.15, 0.2) is 9.76 Å². The van der Waals surface area contributed by atoms with E-state index in [0.717, 1.165) is 6.61 Å². The fourth-order valence-corrected chi connectivity index (χ4v) is 3.00. The number of fused-ring (bicyclic) bond motifs is 1. The van der Waals surface area contributed by atoms with Gasteiger partial charge in [0.1, 0.15) is 0 Å². The van der Waals surface area contributed by atoms with Crippen molar-refractivity contribution in [2.45, 2.75) is 12.5 Å². The molecule has 0 fully saturated rings. The average Bonchev–Trinajstić information content (AvgIpc) is 2.58. The summed E-state index contributed by atoms with van der Waals surface area (Å²) in [6.45, 7) is 2.93. The molecule has 1 aromatic carbocycles. The Bertz CT molecular complexity index is 325. The van der Waals surface area contributed by atoms with Crippen molar-refractivity contribution in [3.05, 3.63) is 41.5 Å². The van der Waals surface area contributed by atoms with E-state index in [9.17, 15) is 0 Å². The first kappa shape index (κ1) is 11.8. The molecule has 0 bridgehead atoms. The van der Waals surface area contributed by atoms with Crippen LogP contribution >= 0.6 is 0 Å². The summed E-state index contributed by atoms with van der Waals surface area (Å²) in [7, 11) is -0.408. The topological polar surface area (TPSA) is 9.23 Å². The molecule has 1 unspecified atom stereocenters. The molecule has 0 aliphatic heterocycles. The van der Waals surface area contributed by atoms with Crippen LogP contribution in [-0.2, 0) is 4.43 Å². The molecule has 0 heterocycles. The van der Waals surface area contributed by atoms with Gasteiger partial charge in [-0.15, -0.1) is 0 Å². The minimum absolute atomic E-state index is 0. The van der Waals surface area contributed by atoms with Gasteiger partial charge in [-0.3, -0.25) is 0 Å². The molecule has 1 atom stereocenters. The Kier molecular flexibility index (Phi) is 4.70. The molecule has 1 nitrogen and oxygen atoms in total. The van der Waals surface area contributed by atoms with Gasteiger partial charge in [-0.25, -0.2) is 0 Å². The van der Waals surface area contributed by atoms with E-state index in [2.05, 4.69) is 43.3 Å². The van der Waals surface area contributed by atoms with Crippen LogP contribution in [0.2, 0.25) is 0 Å². The Morgan fingerprint density at radius 3 is 2.93 bits per heavy atom. The zero-order valence-corrected chi connectivity index (χ0v) is 9.28. The zero-order chi connectivity index (χ0) is 9.10. The maximum absolute atomic E-state index is 5.56. The van der Waals surface area contributed by atoms with Gasteiger partial charge in [-0.1, -0.05) is 36.4 Å². The van der Waals surface area contributed by atoms with E-state index in [4.69, 9.17) is 4.43 Å². The van der Waals surface area contributed by atoms with Crippen molar-refractivity contribution in [2.75, 3.05) is 6.61 Å². The van der Waals surface area contributed by atoms with E-state index in [-0.39, 0.29) is 18.9 Å². The molecular weight excluding hydrogens is 183 g/mol. The maximum atomic E-state index is 5.56. The monoisotopic (exact) mass is 198 g/mol. The van der Waals surface area contributed by atoms with Crippen LogP contribution in [0.1, 0.15) is 23.6 Å². The second-order valence-corrected chi connectivity index (χ2v) is 4.88. The molecule has 0 aromatic heterocycles. The molecule has 2 rings (SSSR count). The van der Waals surface area contributed by atoms with Crippen LogP contribution < -0.4 is 0 Å². The SMILES string of the molecule is CCO[SiH2]C1C=Cc2ccccc21.[LiH]. The number of rotatable bonds is 3. The van der Waals surface area contributed by atoms with Crippen molar-refractivity contribution in [3.8, 4) is 0 Å². The molecule has 70 valence electrons. The van der Waals surface area contributed by atoms with Crippen molar-refractivity contribution in [1.82, 2.24) is 0 Å². The van der Waals surface area contributed by atoms with Crippen LogP contribution in [0.3, 0.4) is 0 Å². The van der Waals surface area contributed by atoms with Gasteiger partial charge in [0.25, 0.3) is 0 Å². The van der Waals surface area contributed by atoms with Crippen molar-refractivity contribution >= 4 is 34.7 Å². The third-order valence-electron chi connectivity index (χ3n) is 2.41. The van der Waals surface area contributed by atoms with Crippen molar-refractivity contribution in [3.63, 3.8) is 0 Å². The van der Waals surface area contributed by atoms with Crippen molar-refractivity contribution in [2.24, 2.45) is 0 Å². The summed E-state index contributed by atoms with van der Waals surface area (Å²) in [5.41, 5.74) is 3.44. The predicted octanol–water partition coefficient (Wildman–Crippen LogP) is 1.23. The van der Waals surface area contributed by atoms with Gasteiger partial charge in [-0.2, -0.15) is 0 Å². The summed E-state index contributed by atoms with van der Waals surface area (Å²) in [4.78, 5) is 0. The Morgan fingerprint density at radius 1 is 1.36 bits per heavy atom. The molecule has 0 N–H and O–H groups in total. The molecule has 0 spiro atoms. The van der Waals surface area contributed by atoms with Gasteiger partial charge >= 0.3 is 18.9 Å². The van der Waals surface area contributed by atoms with E-state index in [1.54, 1.807) is 0 Å². The third kappa shape index (κ3) is 2.40. The summed E-state index contributed by atoms with van der Waals surface area (Å²) in [6, 6.07) is 8.59. The van der Waals surface area contributed by atoms with Crippen LogP contribution in [-0.4, -0.2) is 35.2 Å². The van der Waals surface area contributed by atoms with E-state index in [1.807, 2.05) is 0 Å². The molecule has 0 amide bonds. The third-order valence-corrected chi connectivity index (χ3v) is 4.12. The Morgan fingerprint density at radius 2 is 2.14 bits per heavy atom. The number of hydrogen-bond acceptors (Lipinski definition) is 1. The first-order chi connectivity index (χ1) is 6.42. The van der Waals surface area contributed by atoms with Gasteiger partial charge in [0, 0.05) is 12.1 Å². The molecule has 1 aliphatic carbocycles. The predicted molar refractivity (Wildman–Crippen MR) is 65.5 cm³/mol. The summed E-state index contributed by atoms with van der Waals surface area (Å²) in [5, 5.41) is 0. The number of benzene rings is 1. The fourth-order valence-electron chi connectivity index (χ4n) is 1.71. The van der Waals surface area contributed by atoms with Crippen molar-refractivity contribution in [1.29, 1.82) is 0 Å². The molecule has 0 saturated carbocycles. The van der Waals surface area contributed by atoms with E-state index in [0.29, 0.717) is 5.54 Å². The second-order valence-electron chi connectivity index (χ2n) is 3.25. The quantitative estimate of drug-likeness (QED) is 0.664. The first-order valence-corrected chi connectivity index (χ1v) is 6.16. The van der Waals surface area contributed by atoms with Gasteiger partial charge < -0.3 is 4.43 Å². The van der Waals surface area contributed by atoms with Crippen LogP contribution in [0.25, 0.3) is 6.08 Å². The van der Waals surface area contributed by atoms with E-state index in [1.165, 1.54) is 11.1 Å². The van der Waals surface area contributed by atoms with Crippen LogP contribution in [0.15, 0.2) is 30.3 Å². The normalized spacial score (nSPS) is 18.5. The van der Waals surface area contributed by atoms with Gasteiger partial charge in [0.2, 0.25) is 0 Å². The molecule has 0 saturated heterocycles.